The van der Waals surface area contributed by atoms with E-state index in [4.69, 9.17) is 16.0 Å². The number of hydrogen-bond acceptors (Lipinski definition) is 2. The van der Waals surface area contributed by atoms with E-state index in [1.54, 1.807) is 6.07 Å². The molecule has 3 heteroatoms. The molecular formula is C17H15ClO2. The van der Waals surface area contributed by atoms with Crippen molar-refractivity contribution in [2.24, 2.45) is 0 Å². The van der Waals surface area contributed by atoms with E-state index in [9.17, 15) is 5.11 Å². The minimum atomic E-state index is -0.779. The molecule has 0 saturated carbocycles. The van der Waals surface area contributed by atoms with Crippen molar-refractivity contribution in [2.75, 3.05) is 0 Å². The Morgan fingerprint density at radius 3 is 2.60 bits per heavy atom. The second kappa shape index (κ2) is 4.97. The number of aliphatic hydroxyl groups excluding tert-OH is 1. The number of aliphatic hydroxyl groups is 1. The summed E-state index contributed by atoms with van der Waals surface area (Å²) in [6, 6.07) is 13.4. The van der Waals surface area contributed by atoms with Gasteiger partial charge in [0.2, 0.25) is 0 Å². The number of halogens is 1. The topological polar surface area (TPSA) is 33.4 Å². The summed E-state index contributed by atoms with van der Waals surface area (Å²) in [4.78, 5) is 0. The van der Waals surface area contributed by atoms with Gasteiger partial charge in [0.05, 0.1) is 5.02 Å². The lowest BCUT2D eigenvalue weighted by atomic mass is 9.99. The van der Waals surface area contributed by atoms with Gasteiger partial charge in [-0.3, -0.25) is 0 Å². The third kappa shape index (κ3) is 2.21. The van der Waals surface area contributed by atoms with Crippen molar-refractivity contribution in [3.63, 3.8) is 0 Å². The Hall–Kier alpha value is -1.77. The van der Waals surface area contributed by atoms with Gasteiger partial charge >= 0.3 is 0 Å². The SMILES string of the molecule is Cc1ccc(C(O)c2cc3cccc(Cl)c3o2)c(C)c1. The van der Waals surface area contributed by atoms with Crippen LogP contribution in [0.5, 0.6) is 0 Å². The molecule has 0 bridgehead atoms. The summed E-state index contributed by atoms with van der Waals surface area (Å²) in [6.07, 6.45) is -0.779. The van der Waals surface area contributed by atoms with E-state index in [1.165, 1.54) is 5.56 Å². The van der Waals surface area contributed by atoms with Gasteiger partial charge in [-0.15, -0.1) is 0 Å². The number of benzene rings is 2. The lowest BCUT2D eigenvalue weighted by Crippen LogP contribution is -2.00. The molecule has 1 heterocycles. The zero-order chi connectivity index (χ0) is 14.3. The summed E-state index contributed by atoms with van der Waals surface area (Å²) < 4.78 is 5.72. The van der Waals surface area contributed by atoms with Crippen LogP contribution in [0.2, 0.25) is 5.02 Å². The van der Waals surface area contributed by atoms with Gasteiger partial charge in [-0.25, -0.2) is 0 Å². The van der Waals surface area contributed by atoms with Crippen molar-refractivity contribution < 1.29 is 9.52 Å². The Bertz CT molecular complexity index is 774. The number of rotatable bonds is 2. The van der Waals surface area contributed by atoms with Gasteiger partial charge in [-0.05, 0) is 37.1 Å². The average Bonchev–Trinajstić information content (AvgIpc) is 2.83. The van der Waals surface area contributed by atoms with Crippen molar-refractivity contribution in [3.8, 4) is 0 Å². The van der Waals surface area contributed by atoms with Crippen LogP contribution in [0.15, 0.2) is 46.9 Å². The fraction of sp³-hybridized carbons (Fsp3) is 0.176. The number of hydrogen-bond donors (Lipinski definition) is 1. The summed E-state index contributed by atoms with van der Waals surface area (Å²) in [6.45, 7) is 4.02. The Labute approximate surface area is 122 Å². The number of para-hydroxylation sites is 1. The normalized spacial score (nSPS) is 12.8. The van der Waals surface area contributed by atoms with Crippen LogP contribution in [-0.2, 0) is 0 Å². The predicted octanol–water partition coefficient (Wildman–Crippen LogP) is 4.78. The number of fused-ring (bicyclic) bond motifs is 1. The van der Waals surface area contributed by atoms with Gasteiger partial charge in [-0.2, -0.15) is 0 Å². The van der Waals surface area contributed by atoms with E-state index in [1.807, 2.05) is 50.2 Å². The summed E-state index contributed by atoms with van der Waals surface area (Å²) in [5.74, 6) is 0.514. The Morgan fingerprint density at radius 2 is 1.90 bits per heavy atom. The molecular weight excluding hydrogens is 272 g/mol. The molecule has 0 radical (unpaired) electrons. The smallest absolute Gasteiger partial charge is 0.153 e. The third-order valence-electron chi connectivity index (χ3n) is 3.50. The van der Waals surface area contributed by atoms with Gasteiger partial charge < -0.3 is 9.52 Å². The van der Waals surface area contributed by atoms with Crippen molar-refractivity contribution in [2.45, 2.75) is 20.0 Å². The van der Waals surface area contributed by atoms with Gasteiger partial charge in [0.15, 0.2) is 5.58 Å². The van der Waals surface area contributed by atoms with E-state index in [2.05, 4.69) is 0 Å². The second-order valence-corrected chi connectivity index (χ2v) is 5.48. The van der Waals surface area contributed by atoms with E-state index in [0.29, 0.717) is 16.4 Å². The van der Waals surface area contributed by atoms with Gasteiger partial charge in [0.1, 0.15) is 11.9 Å². The fourth-order valence-corrected chi connectivity index (χ4v) is 2.69. The third-order valence-corrected chi connectivity index (χ3v) is 3.80. The summed E-state index contributed by atoms with van der Waals surface area (Å²) >= 11 is 6.10. The van der Waals surface area contributed by atoms with Crippen LogP contribution in [0.25, 0.3) is 11.0 Å². The lowest BCUT2D eigenvalue weighted by Gasteiger charge is -2.11. The van der Waals surface area contributed by atoms with E-state index >= 15 is 0 Å². The molecule has 0 fully saturated rings. The molecule has 2 nitrogen and oxygen atoms in total. The maximum absolute atomic E-state index is 10.5. The van der Waals surface area contributed by atoms with Crippen LogP contribution in [0.4, 0.5) is 0 Å². The van der Waals surface area contributed by atoms with Crippen molar-refractivity contribution in [3.05, 3.63) is 69.9 Å². The van der Waals surface area contributed by atoms with E-state index in [-0.39, 0.29) is 0 Å². The quantitative estimate of drug-likeness (QED) is 0.735. The van der Waals surface area contributed by atoms with Crippen LogP contribution in [0.1, 0.15) is 28.6 Å². The zero-order valence-corrected chi connectivity index (χ0v) is 12.1. The first-order valence-corrected chi connectivity index (χ1v) is 6.87. The number of aryl methyl sites for hydroxylation is 2. The highest BCUT2D eigenvalue weighted by Gasteiger charge is 2.18. The molecule has 20 heavy (non-hydrogen) atoms. The predicted molar refractivity (Wildman–Crippen MR) is 81.2 cm³/mol. The van der Waals surface area contributed by atoms with Crippen molar-refractivity contribution in [1.29, 1.82) is 0 Å². The maximum atomic E-state index is 10.5. The standard InChI is InChI=1S/C17H15ClO2/c1-10-6-7-13(11(2)8-10)16(19)15-9-12-4-3-5-14(18)17(12)20-15/h3-9,16,19H,1-2H3. The molecule has 0 saturated heterocycles. The zero-order valence-electron chi connectivity index (χ0n) is 11.4. The molecule has 2 aromatic carbocycles. The first-order chi connectivity index (χ1) is 9.56. The molecule has 3 rings (SSSR count). The summed E-state index contributed by atoms with van der Waals surface area (Å²) in [5, 5.41) is 12.0. The van der Waals surface area contributed by atoms with Gasteiger partial charge in [0, 0.05) is 5.39 Å². The van der Waals surface area contributed by atoms with Crippen LogP contribution in [0, 0.1) is 13.8 Å². The molecule has 0 spiro atoms. The minimum Gasteiger partial charge on any atom is -0.456 e. The highest BCUT2D eigenvalue weighted by molar-refractivity contribution is 6.34. The molecule has 0 aliphatic carbocycles. The first-order valence-electron chi connectivity index (χ1n) is 6.49. The maximum Gasteiger partial charge on any atom is 0.153 e. The lowest BCUT2D eigenvalue weighted by molar-refractivity contribution is 0.191. The van der Waals surface area contributed by atoms with Gasteiger partial charge in [-0.1, -0.05) is 47.5 Å². The summed E-state index contributed by atoms with van der Waals surface area (Å²) in [7, 11) is 0. The average molecular weight is 287 g/mol. The van der Waals surface area contributed by atoms with Crippen molar-refractivity contribution >= 4 is 22.6 Å². The molecule has 1 atom stereocenters. The van der Waals surface area contributed by atoms with Crippen LogP contribution in [0.3, 0.4) is 0 Å². The molecule has 0 amide bonds. The molecule has 0 aliphatic rings. The molecule has 1 unspecified atom stereocenters. The largest absolute Gasteiger partial charge is 0.456 e. The van der Waals surface area contributed by atoms with Crippen LogP contribution in [-0.4, -0.2) is 5.11 Å². The van der Waals surface area contributed by atoms with Crippen LogP contribution >= 0.6 is 11.6 Å². The Balaban J connectivity index is 2.08. The molecule has 0 aliphatic heterocycles. The fourth-order valence-electron chi connectivity index (χ4n) is 2.47. The van der Waals surface area contributed by atoms with E-state index < -0.39 is 6.10 Å². The molecule has 3 aromatic rings. The number of furan rings is 1. The molecule has 1 aromatic heterocycles. The van der Waals surface area contributed by atoms with Crippen molar-refractivity contribution in [1.82, 2.24) is 0 Å². The Kier molecular flexibility index (Phi) is 3.28. The highest BCUT2D eigenvalue weighted by atomic mass is 35.5. The monoisotopic (exact) mass is 286 g/mol. The Morgan fingerprint density at radius 1 is 1.10 bits per heavy atom. The second-order valence-electron chi connectivity index (χ2n) is 5.07. The summed E-state index contributed by atoms with van der Waals surface area (Å²) in [5.41, 5.74) is 3.69. The minimum absolute atomic E-state index is 0.514. The van der Waals surface area contributed by atoms with E-state index in [0.717, 1.165) is 16.5 Å². The molecule has 1 N–H and O–H groups in total. The van der Waals surface area contributed by atoms with Crippen LogP contribution < -0.4 is 0 Å². The molecule has 102 valence electrons. The first kappa shape index (κ1) is 13.2. The van der Waals surface area contributed by atoms with Gasteiger partial charge in [0.25, 0.3) is 0 Å². The highest BCUT2D eigenvalue weighted by Crippen LogP contribution is 2.32.